The van der Waals surface area contributed by atoms with Gasteiger partial charge in [0.05, 0.1) is 0 Å². The average molecular weight is 152 g/mol. The lowest BCUT2D eigenvalue weighted by Crippen LogP contribution is -1.99. The summed E-state index contributed by atoms with van der Waals surface area (Å²) in [6.45, 7) is 2.05. The molecule has 60 valence electrons. The summed E-state index contributed by atoms with van der Waals surface area (Å²) in [6, 6.07) is 3.64. The highest BCUT2D eigenvalue weighted by molar-refractivity contribution is 5.33. The molecule has 0 aliphatic rings. The Bertz CT molecular complexity index is 248. The zero-order valence-electron chi connectivity index (χ0n) is 6.54. The molecule has 1 rings (SSSR count). The Kier molecular flexibility index (Phi) is 2.44. The van der Waals surface area contributed by atoms with E-state index in [1.165, 1.54) is 0 Å². The molecular formula is C8H12N2O. The number of nitrogens with two attached hydrogens (primary N) is 1. The van der Waals surface area contributed by atoms with E-state index in [9.17, 15) is 0 Å². The molecule has 1 aromatic heterocycles. The van der Waals surface area contributed by atoms with E-state index in [1.807, 2.05) is 13.0 Å². The van der Waals surface area contributed by atoms with Crippen LogP contribution in [0.3, 0.4) is 0 Å². The van der Waals surface area contributed by atoms with Crippen molar-refractivity contribution in [2.24, 2.45) is 0 Å². The lowest BCUT2D eigenvalue weighted by atomic mass is 10.1. The molecule has 0 spiro atoms. The molecule has 0 aliphatic heterocycles. The van der Waals surface area contributed by atoms with Gasteiger partial charge >= 0.3 is 0 Å². The van der Waals surface area contributed by atoms with Gasteiger partial charge in [0.25, 0.3) is 0 Å². The minimum Gasteiger partial charge on any atom is -0.396 e. The Hall–Kier alpha value is -1.09. The van der Waals surface area contributed by atoms with Gasteiger partial charge in [0, 0.05) is 12.3 Å². The molecular weight excluding hydrogens is 140 g/mol. The molecule has 0 radical (unpaired) electrons. The quantitative estimate of drug-likeness (QED) is 0.649. The zero-order chi connectivity index (χ0) is 8.27. The molecule has 0 unspecified atom stereocenters. The SMILES string of the molecule is Cc1nc(N)ccc1CCO. The summed E-state index contributed by atoms with van der Waals surface area (Å²) in [4.78, 5) is 4.06. The second-order valence-corrected chi connectivity index (χ2v) is 2.45. The Morgan fingerprint density at radius 2 is 2.27 bits per heavy atom. The Balaban J connectivity index is 2.90. The number of anilines is 1. The molecule has 1 heterocycles. The first-order valence-electron chi connectivity index (χ1n) is 3.57. The molecule has 3 heteroatoms. The first-order chi connectivity index (χ1) is 5.24. The van der Waals surface area contributed by atoms with Crippen molar-refractivity contribution in [2.45, 2.75) is 13.3 Å². The van der Waals surface area contributed by atoms with Crippen molar-refractivity contribution in [3.63, 3.8) is 0 Å². The van der Waals surface area contributed by atoms with Crippen LogP contribution in [0.1, 0.15) is 11.3 Å². The van der Waals surface area contributed by atoms with Gasteiger partial charge in [-0.25, -0.2) is 4.98 Å². The first kappa shape index (κ1) is 8.01. The van der Waals surface area contributed by atoms with Gasteiger partial charge < -0.3 is 10.8 Å². The van der Waals surface area contributed by atoms with Gasteiger partial charge in [-0.15, -0.1) is 0 Å². The molecule has 0 atom stereocenters. The van der Waals surface area contributed by atoms with E-state index in [0.717, 1.165) is 11.3 Å². The molecule has 0 aromatic carbocycles. The lowest BCUT2D eigenvalue weighted by molar-refractivity contribution is 0.299. The number of nitrogen functional groups attached to an aromatic ring is 1. The monoisotopic (exact) mass is 152 g/mol. The summed E-state index contributed by atoms with van der Waals surface area (Å²) in [7, 11) is 0. The molecule has 3 nitrogen and oxygen atoms in total. The van der Waals surface area contributed by atoms with E-state index < -0.39 is 0 Å². The minimum absolute atomic E-state index is 0.159. The van der Waals surface area contributed by atoms with Gasteiger partial charge in [-0.2, -0.15) is 0 Å². The Labute approximate surface area is 65.9 Å². The summed E-state index contributed by atoms with van der Waals surface area (Å²) in [5.74, 6) is 0.532. The van der Waals surface area contributed by atoms with E-state index >= 15 is 0 Å². The molecule has 0 amide bonds. The fraction of sp³-hybridized carbons (Fsp3) is 0.375. The Morgan fingerprint density at radius 3 is 2.82 bits per heavy atom. The number of aliphatic hydroxyl groups excluding tert-OH is 1. The predicted octanol–water partition coefficient (Wildman–Crippen LogP) is 0.507. The van der Waals surface area contributed by atoms with Crippen LogP contribution in [0.2, 0.25) is 0 Å². The van der Waals surface area contributed by atoms with E-state index in [-0.39, 0.29) is 6.61 Å². The van der Waals surface area contributed by atoms with Crippen LogP contribution in [0.4, 0.5) is 5.82 Å². The van der Waals surface area contributed by atoms with Crippen molar-refractivity contribution in [3.8, 4) is 0 Å². The number of nitrogens with zero attached hydrogens (tertiary/aromatic N) is 1. The lowest BCUT2D eigenvalue weighted by Gasteiger charge is -2.02. The maximum Gasteiger partial charge on any atom is 0.123 e. The van der Waals surface area contributed by atoms with Crippen molar-refractivity contribution < 1.29 is 5.11 Å². The minimum atomic E-state index is 0.159. The number of hydrogen-bond donors (Lipinski definition) is 2. The highest BCUT2D eigenvalue weighted by Gasteiger charge is 1.97. The van der Waals surface area contributed by atoms with Crippen LogP contribution in [-0.2, 0) is 6.42 Å². The van der Waals surface area contributed by atoms with Crippen LogP contribution >= 0.6 is 0 Å². The smallest absolute Gasteiger partial charge is 0.123 e. The molecule has 0 saturated carbocycles. The number of pyridine rings is 1. The highest BCUT2D eigenvalue weighted by Crippen LogP contribution is 2.07. The molecule has 0 bridgehead atoms. The van der Waals surface area contributed by atoms with Crippen LogP contribution in [0.15, 0.2) is 12.1 Å². The van der Waals surface area contributed by atoms with E-state index in [2.05, 4.69) is 4.98 Å². The normalized spacial score (nSPS) is 10.0. The zero-order valence-corrected chi connectivity index (χ0v) is 6.54. The topological polar surface area (TPSA) is 59.1 Å². The molecule has 0 saturated heterocycles. The standard InChI is InChI=1S/C8H12N2O/c1-6-7(4-5-11)2-3-8(9)10-6/h2-3,11H,4-5H2,1H3,(H2,9,10). The molecule has 3 N–H and O–H groups in total. The van der Waals surface area contributed by atoms with Gasteiger partial charge in [0.15, 0.2) is 0 Å². The van der Waals surface area contributed by atoms with Crippen molar-refractivity contribution >= 4 is 5.82 Å². The maximum absolute atomic E-state index is 8.65. The van der Waals surface area contributed by atoms with Crippen molar-refractivity contribution in [1.82, 2.24) is 4.98 Å². The molecule has 11 heavy (non-hydrogen) atoms. The Morgan fingerprint density at radius 1 is 1.55 bits per heavy atom. The molecule has 0 fully saturated rings. The summed E-state index contributed by atoms with van der Waals surface area (Å²) in [5.41, 5.74) is 7.41. The van der Waals surface area contributed by atoms with Crippen LogP contribution in [0, 0.1) is 6.92 Å². The second-order valence-electron chi connectivity index (χ2n) is 2.45. The summed E-state index contributed by atoms with van der Waals surface area (Å²) < 4.78 is 0. The number of aryl methyl sites for hydroxylation is 1. The fourth-order valence-electron chi connectivity index (χ4n) is 0.994. The van der Waals surface area contributed by atoms with Crippen LogP contribution in [0.25, 0.3) is 0 Å². The van der Waals surface area contributed by atoms with E-state index in [4.69, 9.17) is 10.8 Å². The van der Waals surface area contributed by atoms with Gasteiger partial charge in [-0.1, -0.05) is 6.07 Å². The van der Waals surface area contributed by atoms with E-state index in [1.54, 1.807) is 6.07 Å². The van der Waals surface area contributed by atoms with E-state index in [0.29, 0.717) is 12.2 Å². The predicted molar refractivity (Wildman–Crippen MR) is 44.2 cm³/mol. The third-order valence-corrected chi connectivity index (χ3v) is 1.60. The number of aliphatic hydroxyl groups is 1. The number of aromatic nitrogens is 1. The van der Waals surface area contributed by atoms with Crippen molar-refractivity contribution in [2.75, 3.05) is 12.3 Å². The van der Waals surface area contributed by atoms with Gasteiger partial charge in [-0.3, -0.25) is 0 Å². The highest BCUT2D eigenvalue weighted by atomic mass is 16.2. The second kappa shape index (κ2) is 3.34. The molecule has 1 aromatic rings. The number of rotatable bonds is 2. The van der Waals surface area contributed by atoms with Gasteiger partial charge in [0.2, 0.25) is 0 Å². The van der Waals surface area contributed by atoms with Gasteiger partial charge in [-0.05, 0) is 25.0 Å². The van der Waals surface area contributed by atoms with Crippen LogP contribution in [-0.4, -0.2) is 16.7 Å². The van der Waals surface area contributed by atoms with Gasteiger partial charge in [0.1, 0.15) is 5.82 Å². The van der Waals surface area contributed by atoms with Crippen molar-refractivity contribution in [1.29, 1.82) is 0 Å². The van der Waals surface area contributed by atoms with Crippen molar-refractivity contribution in [3.05, 3.63) is 23.4 Å². The summed E-state index contributed by atoms with van der Waals surface area (Å²) >= 11 is 0. The number of hydrogen-bond acceptors (Lipinski definition) is 3. The van der Waals surface area contributed by atoms with Crippen LogP contribution in [0.5, 0.6) is 0 Å². The summed E-state index contributed by atoms with van der Waals surface area (Å²) in [6.07, 6.45) is 0.652. The third kappa shape index (κ3) is 1.91. The first-order valence-corrected chi connectivity index (χ1v) is 3.57. The largest absolute Gasteiger partial charge is 0.396 e. The van der Waals surface area contributed by atoms with Crippen LogP contribution < -0.4 is 5.73 Å². The average Bonchev–Trinajstić information content (AvgIpc) is 1.95. The maximum atomic E-state index is 8.65. The third-order valence-electron chi connectivity index (χ3n) is 1.60. The molecule has 0 aliphatic carbocycles. The fourth-order valence-corrected chi connectivity index (χ4v) is 0.994. The summed E-state index contributed by atoms with van der Waals surface area (Å²) in [5, 5.41) is 8.65.